The number of anilines is 2. The maximum absolute atomic E-state index is 9.43. The molecule has 0 unspecified atom stereocenters. The van der Waals surface area contributed by atoms with E-state index in [0.717, 1.165) is 28.1 Å². The van der Waals surface area contributed by atoms with Gasteiger partial charge in [-0.15, -0.1) is 0 Å². The molecule has 6 heteroatoms. The normalized spacial score (nSPS) is 10.8. The topological polar surface area (TPSA) is 68.9 Å². The molecule has 0 fully saturated rings. The molecule has 0 atom stereocenters. The molecule has 2 aromatic heterocycles. The maximum atomic E-state index is 9.43. The molecule has 0 aliphatic rings. The Morgan fingerprint density at radius 1 is 0.867 bits per heavy atom. The maximum Gasteiger partial charge on any atom is 0.173 e. The van der Waals surface area contributed by atoms with E-state index in [-0.39, 0.29) is 0 Å². The molecule has 3 aromatic carbocycles. The summed E-state index contributed by atoms with van der Waals surface area (Å²) in [4.78, 5) is 4.75. The van der Waals surface area contributed by atoms with Gasteiger partial charge in [0.25, 0.3) is 0 Å². The summed E-state index contributed by atoms with van der Waals surface area (Å²) in [5.41, 5.74) is 5.75. The van der Waals surface area contributed by atoms with E-state index in [1.54, 1.807) is 10.7 Å². The van der Waals surface area contributed by atoms with Crippen molar-refractivity contribution >= 4 is 28.8 Å². The van der Waals surface area contributed by atoms with Gasteiger partial charge in [-0.05, 0) is 23.3 Å². The molecule has 5 aromatic rings. The van der Waals surface area contributed by atoms with Crippen molar-refractivity contribution in [1.29, 1.82) is 5.26 Å². The zero-order valence-corrected chi connectivity index (χ0v) is 16.6. The van der Waals surface area contributed by atoms with Crippen molar-refractivity contribution in [3.05, 3.63) is 95.6 Å². The summed E-state index contributed by atoms with van der Waals surface area (Å²) in [5.74, 6) is 0.715. The first-order valence-electron chi connectivity index (χ1n) is 9.42. The van der Waals surface area contributed by atoms with E-state index in [9.17, 15) is 5.26 Å². The second-order valence-corrected chi connectivity index (χ2v) is 7.22. The van der Waals surface area contributed by atoms with Gasteiger partial charge in [0.2, 0.25) is 0 Å². The van der Waals surface area contributed by atoms with Crippen molar-refractivity contribution in [3.8, 4) is 28.5 Å². The number of nitriles is 1. The number of para-hydroxylation sites is 1. The number of fused-ring (bicyclic) bond motifs is 1. The number of rotatable bonds is 4. The van der Waals surface area contributed by atoms with Crippen LogP contribution in [0.2, 0.25) is 5.02 Å². The molecule has 0 radical (unpaired) electrons. The molecule has 30 heavy (non-hydrogen) atoms. The molecular formula is C24H16ClN5. The molecule has 2 heterocycles. The Kier molecular flexibility index (Phi) is 4.47. The van der Waals surface area contributed by atoms with Crippen molar-refractivity contribution in [3.63, 3.8) is 0 Å². The molecule has 0 aliphatic heterocycles. The molecule has 0 spiro atoms. The third kappa shape index (κ3) is 3.10. The second-order valence-electron chi connectivity index (χ2n) is 6.82. The zero-order chi connectivity index (χ0) is 20.5. The molecule has 0 bridgehead atoms. The lowest BCUT2D eigenvalue weighted by molar-refractivity contribution is 0.980. The van der Waals surface area contributed by atoms with E-state index in [1.165, 1.54) is 0 Å². The van der Waals surface area contributed by atoms with Gasteiger partial charge in [0.15, 0.2) is 11.5 Å². The van der Waals surface area contributed by atoms with Crippen molar-refractivity contribution < 1.29 is 0 Å². The van der Waals surface area contributed by atoms with Crippen LogP contribution in [0.4, 0.5) is 11.5 Å². The lowest BCUT2D eigenvalue weighted by Crippen LogP contribution is -1.98. The van der Waals surface area contributed by atoms with Gasteiger partial charge in [-0.3, -0.25) is 5.10 Å². The van der Waals surface area contributed by atoms with Gasteiger partial charge in [0.05, 0.1) is 10.7 Å². The Morgan fingerprint density at radius 3 is 2.27 bits per heavy atom. The molecule has 0 amide bonds. The quantitative estimate of drug-likeness (QED) is 0.367. The van der Waals surface area contributed by atoms with Gasteiger partial charge >= 0.3 is 0 Å². The summed E-state index contributed by atoms with van der Waals surface area (Å²) in [6, 6.07) is 28.1. The number of hydrogen-bond donors (Lipinski definition) is 2. The minimum atomic E-state index is 0.476. The standard InChI is InChI=1S/C24H16ClN5/c25-20-8-4-5-9-21(20)28-24-22(29-23-19(14-26)15-27-30(23)24)18-12-10-17(11-13-18)16-6-2-1-3-7-16/h1-13,15,27-28H. The van der Waals surface area contributed by atoms with Crippen LogP contribution in [0.5, 0.6) is 0 Å². The van der Waals surface area contributed by atoms with Crippen LogP contribution in [0.15, 0.2) is 85.1 Å². The zero-order valence-electron chi connectivity index (χ0n) is 15.8. The van der Waals surface area contributed by atoms with Crippen LogP contribution in [0.25, 0.3) is 28.0 Å². The minimum Gasteiger partial charge on any atom is -0.337 e. The van der Waals surface area contributed by atoms with E-state index >= 15 is 0 Å². The molecular weight excluding hydrogens is 394 g/mol. The number of hydrogen-bond acceptors (Lipinski definition) is 3. The van der Waals surface area contributed by atoms with Crippen LogP contribution in [-0.4, -0.2) is 14.6 Å². The molecule has 5 nitrogen and oxygen atoms in total. The third-order valence-corrected chi connectivity index (χ3v) is 5.30. The monoisotopic (exact) mass is 409 g/mol. The van der Waals surface area contributed by atoms with Crippen LogP contribution in [0.3, 0.4) is 0 Å². The van der Waals surface area contributed by atoms with Crippen LogP contribution < -0.4 is 5.32 Å². The van der Waals surface area contributed by atoms with Crippen molar-refractivity contribution in [2.75, 3.05) is 5.32 Å². The Morgan fingerprint density at radius 2 is 1.53 bits per heavy atom. The van der Waals surface area contributed by atoms with Crippen molar-refractivity contribution in [2.24, 2.45) is 0 Å². The SMILES string of the molecule is N#Cc1c[nH]n2c(Nc3ccccc3Cl)c(-c3ccc(-c4ccccc4)cc3)nc12. The fourth-order valence-electron chi connectivity index (χ4n) is 3.46. The van der Waals surface area contributed by atoms with Crippen LogP contribution in [0, 0.1) is 11.3 Å². The Balaban J connectivity index is 1.62. The molecule has 144 valence electrons. The summed E-state index contributed by atoms with van der Waals surface area (Å²) in [7, 11) is 0. The average Bonchev–Trinajstić information content (AvgIpc) is 3.36. The van der Waals surface area contributed by atoms with Crippen LogP contribution in [0.1, 0.15) is 5.56 Å². The van der Waals surface area contributed by atoms with E-state index in [1.807, 2.05) is 54.6 Å². The number of benzene rings is 3. The number of aromatic amines is 1. The second kappa shape index (κ2) is 7.43. The molecule has 5 rings (SSSR count). The smallest absolute Gasteiger partial charge is 0.173 e. The fourth-order valence-corrected chi connectivity index (χ4v) is 3.64. The van der Waals surface area contributed by atoms with E-state index in [2.05, 4.69) is 40.8 Å². The van der Waals surface area contributed by atoms with Crippen LogP contribution >= 0.6 is 11.6 Å². The highest BCUT2D eigenvalue weighted by Crippen LogP contribution is 2.34. The lowest BCUT2D eigenvalue weighted by atomic mass is 10.0. The third-order valence-electron chi connectivity index (χ3n) is 4.97. The number of nitrogens with zero attached hydrogens (tertiary/aromatic N) is 3. The van der Waals surface area contributed by atoms with E-state index in [4.69, 9.17) is 16.6 Å². The van der Waals surface area contributed by atoms with Crippen LogP contribution in [-0.2, 0) is 0 Å². The minimum absolute atomic E-state index is 0.476. The van der Waals surface area contributed by atoms with Crippen molar-refractivity contribution in [1.82, 2.24) is 14.6 Å². The fraction of sp³-hybridized carbons (Fsp3) is 0. The highest BCUT2D eigenvalue weighted by atomic mass is 35.5. The highest BCUT2D eigenvalue weighted by Gasteiger charge is 2.19. The predicted octanol–water partition coefficient (Wildman–Crippen LogP) is 6.27. The highest BCUT2D eigenvalue weighted by molar-refractivity contribution is 6.33. The van der Waals surface area contributed by atoms with Gasteiger partial charge in [-0.2, -0.15) is 5.26 Å². The van der Waals surface area contributed by atoms with Crippen molar-refractivity contribution in [2.45, 2.75) is 0 Å². The van der Waals surface area contributed by atoms with Gasteiger partial charge in [-0.1, -0.05) is 78.3 Å². The number of imidazole rings is 1. The summed E-state index contributed by atoms with van der Waals surface area (Å²) in [6.07, 6.45) is 1.64. The lowest BCUT2D eigenvalue weighted by Gasteiger charge is -2.10. The number of halogens is 1. The first-order valence-corrected chi connectivity index (χ1v) is 9.80. The van der Waals surface area contributed by atoms with Gasteiger partial charge in [0, 0.05) is 11.8 Å². The molecule has 0 aliphatic carbocycles. The number of aromatic nitrogens is 3. The van der Waals surface area contributed by atoms with Gasteiger partial charge in [-0.25, -0.2) is 9.50 Å². The largest absolute Gasteiger partial charge is 0.337 e. The Hall–Kier alpha value is -4.01. The van der Waals surface area contributed by atoms with E-state index in [0.29, 0.717) is 22.1 Å². The molecule has 0 saturated heterocycles. The summed E-state index contributed by atoms with van der Waals surface area (Å²) >= 11 is 6.36. The summed E-state index contributed by atoms with van der Waals surface area (Å²) in [6.45, 7) is 0. The predicted molar refractivity (Wildman–Crippen MR) is 120 cm³/mol. The number of H-pyrrole nitrogens is 1. The average molecular weight is 410 g/mol. The van der Waals surface area contributed by atoms with Gasteiger partial charge < -0.3 is 5.32 Å². The van der Waals surface area contributed by atoms with E-state index < -0.39 is 0 Å². The first kappa shape index (κ1) is 18.0. The Bertz CT molecular complexity index is 1380. The first-order chi connectivity index (χ1) is 14.7. The Labute approximate surface area is 178 Å². The van der Waals surface area contributed by atoms with Gasteiger partial charge in [0.1, 0.15) is 17.3 Å². The summed E-state index contributed by atoms with van der Waals surface area (Å²) in [5, 5.41) is 16.5. The molecule has 2 N–H and O–H groups in total. The summed E-state index contributed by atoms with van der Waals surface area (Å²) < 4.78 is 1.77. The molecule has 0 saturated carbocycles. The number of nitrogens with one attached hydrogen (secondary N) is 2.